The van der Waals surface area contributed by atoms with Gasteiger partial charge in [0.25, 0.3) is 5.76 Å². The molecule has 0 radical (unpaired) electrons. The van der Waals surface area contributed by atoms with E-state index >= 15 is 0 Å². The van der Waals surface area contributed by atoms with Gasteiger partial charge in [-0.15, -0.1) is 11.3 Å². The molecule has 4 nitrogen and oxygen atoms in total. The topological polar surface area (TPSA) is 62.2 Å². The van der Waals surface area contributed by atoms with E-state index in [0.29, 0.717) is 27.5 Å². The fraction of sp³-hybridized carbons (Fsp3) is 0.0909. The number of nitrogens with one attached hydrogen (secondary N) is 1. The van der Waals surface area contributed by atoms with Gasteiger partial charge < -0.3 is 10.4 Å². The number of thioether (sulfide) groups is 1. The molecular formula is C11H8F2N2O2S2. The minimum Gasteiger partial charge on any atom is -0.476 e. The number of thiazole rings is 1. The maximum atomic E-state index is 12.1. The molecule has 0 saturated heterocycles. The number of carbonyl (C=O) groups is 1. The first kappa shape index (κ1) is 13.8. The van der Waals surface area contributed by atoms with Crippen molar-refractivity contribution in [2.75, 3.05) is 5.32 Å². The molecular weight excluding hydrogens is 294 g/mol. The van der Waals surface area contributed by atoms with Gasteiger partial charge in [-0.05, 0) is 24.3 Å². The summed E-state index contributed by atoms with van der Waals surface area (Å²) in [4.78, 5) is 15.0. The molecule has 0 spiro atoms. The molecule has 0 aliphatic heterocycles. The Morgan fingerprint density at radius 1 is 1.37 bits per heavy atom. The average molecular weight is 302 g/mol. The number of benzene rings is 1. The summed E-state index contributed by atoms with van der Waals surface area (Å²) in [5.41, 5.74) is 0.627. The second-order valence-electron chi connectivity index (χ2n) is 3.37. The Morgan fingerprint density at radius 2 is 2.05 bits per heavy atom. The summed E-state index contributed by atoms with van der Waals surface area (Å²) >= 11 is 1.63. The molecule has 1 heterocycles. The third kappa shape index (κ3) is 3.90. The number of nitrogens with zero attached hydrogens (tertiary/aromatic N) is 1. The van der Waals surface area contributed by atoms with E-state index in [-0.39, 0.29) is 5.69 Å². The fourth-order valence-electron chi connectivity index (χ4n) is 1.27. The molecule has 0 atom stereocenters. The molecule has 0 unspecified atom stereocenters. The highest BCUT2D eigenvalue weighted by Crippen LogP contribution is 2.27. The maximum Gasteiger partial charge on any atom is 0.355 e. The normalized spacial score (nSPS) is 10.7. The minimum absolute atomic E-state index is 0.0302. The van der Waals surface area contributed by atoms with Crippen molar-refractivity contribution in [1.29, 1.82) is 0 Å². The van der Waals surface area contributed by atoms with Crippen LogP contribution in [0.5, 0.6) is 0 Å². The Balaban J connectivity index is 2.04. The second kappa shape index (κ2) is 5.98. The van der Waals surface area contributed by atoms with E-state index < -0.39 is 11.7 Å². The molecule has 8 heteroatoms. The Kier molecular flexibility index (Phi) is 4.33. The van der Waals surface area contributed by atoms with E-state index in [9.17, 15) is 13.6 Å². The lowest BCUT2D eigenvalue weighted by Crippen LogP contribution is -1.97. The van der Waals surface area contributed by atoms with Gasteiger partial charge in [-0.2, -0.15) is 8.78 Å². The molecule has 1 aromatic carbocycles. The molecule has 0 aliphatic carbocycles. The zero-order valence-electron chi connectivity index (χ0n) is 9.34. The first-order valence-electron chi connectivity index (χ1n) is 5.05. The first-order valence-corrected chi connectivity index (χ1v) is 6.81. The van der Waals surface area contributed by atoms with Crippen molar-refractivity contribution in [2.45, 2.75) is 10.7 Å². The summed E-state index contributed by atoms with van der Waals surface area (Å²) in [6.07, 6.45) is 0. The number of aromatic carboxylic acids is 1. The van der Waals surface area contributed by atoms with Crippen LogP contribution in [0.25, 0.3) is 0 Å². The van der Waals surface area contributed by atoms with Gasteiger partial charge in [0, 0.05) is 16.0 Å². The predicted octanol–water partition coefficient (Wildman–Crippen LogP) is 3.90. The quantitative estimate of drug-likeness (QED) is 0.820. The van der Waals surface area contributed by atoms with Crippen LogP contribution >= 0.6 is 23.1 Å². The standard InChI is InChI=1S/C11H8F2N2O2S2/c12-10(13)19-7-3-1-6(2-4-7)14-11-15-8(5-18-11)9(16)17/h1-5,10H,(H,14,15)(H,16,17). The van der Waals surface area contributed by atoms with Gasteiger partial charge in [0.2, 0.25) is 0 Å². The molecule has 0 aliphatic rings. The number of carboxylic acids is 1. The lowest BCUT2D eigenvalue weighted by Gasteiger charge is -2.04. The van der Waals surface area contributed by atoms with Crippen LogP contribution in [0.1, 0.15) is 10.5 Å². The van der Waals surface area contributed by atoms with Crippen molar-refractivity contribution >= 4 is 39.9 Å². The molecule has 0 amide bonds. The lowest BCUT2D eigenvalue weighted by atomic mass is 10.3. The number of hydrogen-bond acceptors (Lipinski definition) is 5. The molecule has 2 rings (SSSR count). The van der Waals surface area contributed by atoms with Gasteiger partial charge in [0.05, 0.1) is 0 Å². The molecule has 1 aromatic heterocycles. The zero-order chi connectivity index (χ0) is 13.8. The van der Waals surface area contributed by atoms with Crippen LogP contribution < -0.4 is 5.32 Å². The van der Waals surface area contributed by atoms with Gasteiger partial charge in [0.1, 0.15) is 0 Å². The largest absolute Gasteiger partial charge is 0.476 e. The van der Waals surface area contributed by atoms with Crippen molar-refractivity contribution < 1.29 is 18.7 Å². The van der Waals surface area contributed by atoms with Crippen LogP contribution in [0.4, 0.5) is 19.6 Å². The van der Waals surface area contributed by atoms with Gasteiger partial charge in [-0.3, -0.25) is 0 Å². The SMILES string of the molecule is O=C(O)c1csc(Nc2ccc(SC(F)F)cc2)n1. The van der Waals surface area contributed by atoms with E-state index in [0.717, 1.165) is 11.3 Å². The Labute approximate surface area is 115 Å². The van der Waals surface area contributed by atoms with Crippen LogP contribution in [0.2, 0.25) is 0 Å². The van der Waals surface area contributed by atoms with Crippen LogP contribution in [0.3, 0.4) is 0 Å². The van der Waals surface area contributed by atoms with Crippen LogP contribution in [0, 0.1) is 0 Å². The summed E-state index contributed by atoms with van der Waals surface area (Å²) in [6, 6.07) is 6.38. The smallest absolute Gasteiger partial charge is 0.355 e. The molecule has 2 aromatic rings. The van der Waals surface area contributed by atoms with Crippen molar-refractivity contribution in [3.63, 3.8) is 0 Å². The van der Waals surface area contributed by atoms with E-state index in [1.807, 2.05) is 0 Å². The predicted molar refractivity (Wildman–Crippen MR) is 70.7 cm³/mol. The van der Waals surface area contributed by atoms with Crippen LogP contribution in [0.15, 0.2) is 34.5 Å². The number of aromatic nitrogens is 1. The summed E-state index contributed by atoms with van der Waals surface area (Å²) < 4.78 is 24.3. The van der Waals surface area contributed by atoms with Crippen molar-refractivity contribution in [1.82, 2.24) is 4.98 Å². The summed E-state index contributed by atoms with van der Waals surface area (Å²) in [7, 11) is 0. The van der Waals surface area contributed by atoms with Gasteiger partial charge >= 0.3 is 5.97 Å². The van der Waals surface area contributed by atoms with Gasteiger partial charge in [-0.1, -0.05) is 11.8 Å². The van der Waals surface area contributed by atoms with E-state index in [1.165, 1.54) is 5.38 Å². The lowest BCUT2D eigenvalue weighted by molar-refractivity contribution is 0.0691. The van der Waals surface area contributed by atoms with E-state index in [4.69, 9.17) is 5.11 Å². The first-order chi connectivity index (χ1) is 9.04. The molecule has 0 saturated carbocycles. The number of carboxylic acid groups (broad SMARTS) is 1. The number of hydrogen-bond donors (Lipinski definition) is 2. The summed E-state index contributed by atoms with van der Waals surface area (Å²) in [5, 5.41) is 13.5. The van der Waals surface area contributed by atoms with E-state index in [1.54, 1.807) is 24.3 Å². The van der Waals surface area contributed by atoms with Crippen LogP contribution in [-0.2, 0) is 0 Å². The van der Waals surface area contributed by atoms with E-state index in [2.05, 4.69) is 10.3 Å². The Bertz CT molecular complexity index is 572. The zero-order valence-corrected chi connectivity index (χ0v) is 11.0. The molecule has 0 bridgehead atoms. The summed E-state index contributed by atoms with van der Waals surface area (Å²) in [6.45, 7) is 0. The number of anilines is 2. The number of rotatable bonds is 5. The molecule has 19 heavy (non-hydrogen) atoms. The maximum absolute atomic E-state index is 12.1. The molecule has 100 valence electrons. The van der Waals surface area contributed by atoms with Crippen molar-refractivity contribution in [2.24, 2.45) is 0 Å². The molecule has 0 fully saturated rings. The Morgan fingerprint density at radius 3 is 2.58 bits per heavy atom. The third-order valence-electron chi connectivity index (χ3n) is 2.05. The van der Waals surface area contributed by atoms with Gasteiger partial charge in [0.15, 0.2) is 10.8 Å². The highest BCUT2D eigenvalue weighted by molar-refractivity contribution is 7.99. The third-order valence-corrected chi connectivity index (χ3v) is 3.53. The summed E-state index contributed by atoms with van der Waals surface area (Å²) in [5.74, 6) is -3.54. The highest BCUT2D eigenvalue weighted by Gasteiger charge is 2.09. The second-order valence-corrected chi connectivity index (χ2v) is 5.29. The molecule has 2 N–H and O–H groups in total. The Hall–Kier alpha value is -1.67. The van der Waals surface area contributed by atoms with Gasteiger partial charge in [-0.25, -0.2) is 9.78 Å². The number of alkyl halides is 2. The monoisotopic (exact) mass is 302 g/mol. The average Bonchev–Trinajstić information content (AvgIpc) is 2.80. The fourth-order valence-corrected chi connectivity index (χ4v) is 2.48. The van der Waals surface area contributed by atoms with Crippen molar-refractivity contribution in [3.8, 4) is 0 Å². The minimum atomic E-state index is -2.45. The van der Waals surface area contributed by atoms with Crippen LogP contribution in [-0.4, -0.2) is 21.8 Å². The number of halogens is 2. The van der Waals surface area contributed by atoms with Crippen molar-refractivity contribution in [3.05, 3.63) is 35.3 Å². The highest BCUT2D eigenvalue weighted by atomic mass is 32.2.